The Morgan fingerprint density at radius 2 is 1.90 bits per heavy atom. The number of sulfonamides is 1. The zero-order valence-electron chi connectivity index (χ0n) is 20.7. The highest BCUT2D eigenvalue weighted by molar-refractivity contribution is 7.92. The van der Waals surface area contributed by atoms with Crippen molar-refractivity contribution in [2.24, 2.45) is 0 Å². The molecule has 0 fully saturated rings. The van der Waals surface area contributed by atoms with Crippen molar-refractivity contribution >= 4 is 39.2 Å². The van der Waals surface area contributed by atoms with Crippen LogP contribution in [0.15, 0.2) is 78.1 Å². The summed E-state index contributed by atoms with van der Waals surface area (Å²) < 4.78 is 61.7. The van der Waals surface area contributed by atoms with Crippen LogP contribution in [0.5, 0.6) is 5.88 Å². The molecule has 5 aromatic rings. The van der Waals surface area contributed by atoms with Crippen molar-refractivity contribution in [2.45, 2.75) is 11.4 Å². The minimum Gasteiger partial charge on any atom is -0.479 e. The standard InChI is InChI=1S/C26H20F2N6O5S/c1-38-25-23(34(39-15-35)40(36,37)24-7-5-19(27)11-20(24)28)10-18(13-31-25)17-4-6-21-22(9-17)33(26(29)32-21)14-16-3-2-8-30-12-16/h2-13,15H,14H2,1H3,(H2,29,32). The predicted molar refractivity (Wildman–Crippen MR) is 140 cm³/mol. The number of nitrogen functional groups attached to an aromatic ring is 1. The second-order valence-corrected chi connectivity index (χ2v) is 10.1. The number of pyridine rings is 2. The fourth-order valence-corrected chi connectivity index (χ4v) is 5.37. The van der Waals surface area contributed by atoms with Gasteiger partial charge in [0.05, 0.1) is 24.7 Å². The van der Waals surface area contributed by atoms with E-state index in [0.29, 0.717) is 40.8 Å². The molecule has 5 rings (SSSR count). The van der Waals surface area contributed by atoms with E-state index in [0.717, 1.165) is 11.6 Å². The molecule has 3 heterocycles. The number of carbonyl (C=O) groups is 1. The Labute approximate surface area is 226 Å². The number of halogens is 2. The van der Waals surface area contributed by atoms with Crippen LogP contribution in [0.1, 0.15) is 5.56 Å². The van der Waals surface area contributed by atoms with Gasteiger partial charge in [0.1, 0.15) is 16.5 Å². The Balaban J connectivity index is 1.62. The van der Waals surface area contributed by atoms with Gasteiger partial charge in [0.15, 0.2) is 5.69 Å². The number of nitrogens with zero attached hydrogens (tertiary/aromatic N) is 5. The molecule has 0 atom stereocenters. The van der Waals surface area contributed by atoms with E-state index in [-0.39, 0.29) is 28.5 Å². The van der Waals surface area contributed by atoms with E-state index >= 15 is 0 Å². The van der Waals surface area contributed by atoms with Gasteiger partial charge in [-0.25, -0.2) is 18.7 Å². The largest absolute Gasteiger partial charge is 0.479 e. The quantitative estimate of drug-likeness (QED) is 0.209. The van der Waals surface area contributed by atoms with Crippen molar-refractivity contribution in [1.29, 1.82) is 0 Å². The van der Waals surface area contributed by atoms with Crippen LogP contribution < -0.4 is 14.9 Å². The monoisotopic (exact) mass is 566 g/mol. The summed E-state index contributed by atoms with van der Waals surface area (Å²) in [4.78, 5) is 27.9. The summed E-state index contributed by atoms with van der Waals surface area (Å²) in [5, 5.41) is 0. The molecular formula is C26H20F2N6O5S. The molecule has 14 heteroatoms. The van der Waals surface area contributed by atoms with Crippen molar-refractivity contribution in [1.82, 2.24) is 19.5 Å². The van der Waals surface area contributed by atoms with Crippen molar-refractivity contribution < 1.29 is 31.6 Å². The van der Waals surface area contributed by atoms with Gasteiger partial charge in [-0.05, 0) is 47.5 Å². The van der Waals surface area contributed by atoms with Crippen molar-refractivity contribution in [3.05, 3.63) is 90.4 Å². The van der Waals surface area contributed by atoms with E-state index in [4.69, 9.17) is 15.3 Å². The number of carbonyl (C=O) groups excluding carboxylic acids is 1. The molecule has 0 aliphatic heterocycles. The van der Waals surface area contributed by atoms with Crippen molar-refractivity contribution in [2.75, 3.05) is 17.3 Å². The van der Waals surface area contributed by atoms with E-state index in [2.05, 4.69) is 15.0 Å². The fourth-order valence-electron chi connectivity index (χ4n) is 4.10. The van der Waals surface area contributed by atoms with E-state index < -0.39 is 26.6 Å². The Kier molecular flexibility index (Phi) is 7.00. The minimum absolute atomic E-state index is 0.156. The van der Waals surface area contributed by atoms with Gasteiger partial charge >= 0.3 is 6.47 Å². The number of ether oxygens (including phenoxy) is 1. The molecule has 0 bridgehead atoms. The lowest BCUT2D eigenvalue weighted by atomic mass is 10.1. The lowest BCUT2D eigenvalue weighted by Crippen LogP contribution is -2.32. The highest BCUT2D eigenvalue weighted by atomic mass is 32.2. The smallest absolute Gasteiger partial charge is 0.322 e. The number of methoxy groups -OCH3 is 1. The van der Waals surface area contributed by atoms with E-state index in [9.17, 15) is 22.0 Å². The number of nitrogens with two attached hydrogens (primary N) is 1. The molecule has 0 saturated carbocycles. The molecule has 0 spiro atoms. The Bertz CT molecular complexity index is 1830. The van der Waals surface area contributed by atoms with Gasteiger partial charge in [0.25, 0.3) is 10.0 Å². The summed E-state index contributed by atoms with van der Waals surface area (Å²) >= 11 is 0. The van der Waals surface area contributed by atoms with Crippen LogP contribution >= 0.6 is 0 Å². The van der Waals surface area contributed by atoms with Crippen LogP contribution in [0.4, 0.5) is 20.4 Å². The summed E-state index contributed by atoms with van der Waals surface area (Å²) in [5.74, 6) is -2.34. The molecule has 2 aromatic carbocycles. The Hall–Kier alpha value is -5.11. The average molecular weight is 567 g/mol. The first-order valence-electron chi connectivity index (χ1n) is 11.5. The average Bonchev–Trinajstić information content (AvgIpc) is 3.25. The van der Waals surface area contributed by atoms with Gasteiger partial charge in [-0.1, -0.05) is 16.6 Å². The van der Waals surface area contributed by atoms with Crippen LogP contribution in [0, 0.1) is 11.6 Å². The number of rotatable bonds is 9. The number of imidazole rings is 1. The normalized spacial score (nSPS) is 11.4. The van der Waals surface area contributed by atoms with E-state index in [1.165, 1.54) is 19.4 Å². The summed E-state index contributed by atoms with van der Waals surface area (Å²) in [7, 11) is -3.66. The number of hydrogen-bond donors (Lipinski definition) is 1. The lowest BCUT2D eigenvalue weighted by molar-refractivity contribution is -0.128. The highest BCUT2D eigenvalue weighted by Crippen LogP contribution is 2.36. The summed E-state index contributed by atoms with van der Waals surface area (Å²) in [6.45, 7) is 0.241. The summed E-state index contributed by atoms with van der Waals surface area (Å²) in [6.07, 6.45) is 4.78. The molecule has 40 heavy (non-hydrogen) atoms. The zero-order chi connectivity index (χ0) is 28.4. The third kappa shape index (κ3) is 4.87. The summed E-state index contributed by atoms with van der Waals surface area (Å²) in [6, 6.07) is 12.1. The van der Waals surface area contributed by atoms with Gasteiger partial charge in [-0.3, -0.25) is 9.78 Å². The maximum absolute atomic E-state index is 14.5. The van der Waals surface area contributed by atoms with Gasteiger partial charge in [0.2, 0.25) is 11.8 Å². The number of hydrogen-bond acceptors (Lipinski definition) is 9. The van der Waals surface area contributed by atoms with Gasteiger partial charge in [0, 0.05) is 30.2 Å². The first-order chi connectivity index (χ1) is 19.2. The molecule has 0 aliphatic carbocycles. The number of anilines is 2. The van der Waals surface area contributed by atoms with E-state index in [1.807, 2.05) is 6.07 Å². The van der Waals surface area contributed by atoms with Gasteiger partial charge in [-0.15, -0.1) is 0 Å². The third-order valence-electron chi connectivity index (χ3n) is 5.93. The molecular weight excluding hydrogens is 546 g/mol. The number of aromatic nitrogens is 4. The molecule has 204 valence electrons. The second kappa shape index (κ2) is 10.6. The predicted octanol–water partition coefficient (Wildman–Crippen LogP) is 3.69. The SMILES string of the molecule is COc1ncc(-c2ccc3nc(N)n(Cc4cccnc4)c3c2)cc1N(OC=O)S(=O)(=O)c1ccc(F)cc1F. The zero-order valence-corrected chi connectivity index (χ0v) is 21.5. The van der Waals surface area contributed by atoms with Crippen LogP contribution in [0.25, 0.3) is 22.2 Å². The van der Waals surface area contributed by atoms with Crippen LogP contribution in [-0.4, -0.2) is 41.5 Å². The molecule has 0 aliphatic rings. The molecule has 3 aromatic heterocycles. The maximum atomic E-state index is 14.5. The molecule has 0 radical (unpaired) electrons. The fraction of sp³-hybridized carbons (Fsp3) is 0.0769. The van der Waals surface area contributed by atoms with Crippen LogP contribution in [0.2, 0.25) is 0 Å². The maximum Gasteiger partial charge on any atom is 0.322 e. The minimum atomic E-state index is -4.89. The molecule has 0 unspecified atom stereocenters. The van der Waals surface area contributed by atoms with Crippen LogP contribution in [0.3, 0.4) is 0 Å². The second-order valence-electron chi connectivity index (χ2n) is 8.38. The molecule has 11 nitrogen and oxygen atoms in total. The summed E-state index contributed by atoms with van der Waals surface area (Å²) in [5.41, 5.74) is 9.00. The van der Waals surface area contributed by atoms with E-state index in [1.54, 1.807) is 41.2 Å². The van der Waals surface area contributed by atoms with Crippen molar-refractivity contribution in [3.63, 3.8) is 0 Å². The Morgan fingerprint density at radius 3 is 2.60 bits per heavy atom. The molecule has 0 amide bonds. The number of benzene rings is 2. The highest BCUT2D eigenvalue weighted by Gasteiger charge is 2.33. The number of fused-ring (bicyclic) bond motifs is 1. The van der Waals surface area contributed by atoms with Crippen LogP contribution in [-0.2, 0) is 26.2 Å². The Morgan fingerprint density at radius 1 is 1.07 bits per heavy atom. The third-order valence-corrected chi connectivity index (χ3v) is 7.53. The first kappa shape index (κ1) is 26.5. The molecule has 0 saturated heterocycles. The topological polar surface area (TPSA) is 143 Å². The van der Waals surface area contributed by atoms with Gasteiger partial charge in [-0.2, -0.15) is 8.42 Å². The first-order valence-corrected chi connectivity index (χ1v) is 13.0. The lowest BCUT2D eigenvalue weighted by Gasteiger charge is -2.22. The van der Waals surface area contributed by atoms with Gasteiger partial charge < -0.3 is 19.9 Å². The van der Waals surface area contributed by atoms with Crippen molar-refractivity contribution in [3.8, 4) is 17.0 Å². The molecule has 2 N–H and O–H groups in total.